The zero-order valence-electron chi connectivity index (χ0n) is 14.1. The SMILES string of the molecule is CCCCCCCCCCCCCCCCCC(=O)OO.[KH]. The fraction of sp³-hybridized carbons (Fsp3) is 0.944. The monoisotopic (exact) mass is 340 g/mol. The zero-order chi connectivity index (χ0) is 15.6. The molecule has 0 aliphatic carbocycles. The first kappa shape index (κ1) is 25.3. The second kappa shape index (κ2) is 22.1. The van der Waals surface area contributed by atoms with Crippen molar-refractivity contribution in [2.75, 3.05) is 0 Å². The molecule has 0 aliphatic rings. The van der Waals surface area contributed by atoms with Crippen molar-refractivity contribution >= 4 is 57.4 Å². The summed E-state index contributed by atoms with van der Waals surface area (Å²) in [5.74, 6) is -0.510. The number of unbranched alkanes of at least 4 members (excludes halogenated alkanes) is 14. The third-order valence-corrected chi connectivity index (χ3v) is 4.09. The Bertz CT molecular complexity index is 222. The molecular weight excluding hydrogens is 303 g/mol. The number of hydrogen-bond donors (Lipinski definition) is 1. The molecule has 0 amide bonds. The molecule has 0 aromatic rings. The summed E-state index contributed by atoms with van der Waals surface area (Å²) in [6.07, 6.45) is 20.0. The van der Waals surface area contributed by atoms with Crippen LogP contribution in [0.25, 0.3) is 0 Å². The second-order valence-corrected chi connectivity index (χ2v) is 6.16. The average Bonchev–Trinajstić information content (AvgIpc) is 2.50. The Labute approximate surface area is 180 Å². The fourth-order valence-corrected chi connectivity index (χ4v) is 2.69. The van der Waals surface area contributed by atoms with E-state index in [0.717, 1.165) is 12.8 Å². The molecule has 0 bridgehead atoms. The predicted octanol–water partition coefficient (Wildman–Crippen LogP) is 5.62. The molecule has 0 radical (unpaired) electrons. The standard InChI is InChI=1S/C18H36O3.K.H/c1-2-3-4-5-6-7-8-9-10-11-12-13-14-15-16-17-18(19)21-20;;/h20H,2-17H2,1H3;;. The van der Waals surface area contributed by atoms with Crippen molar-refractivity contribution in [1.29, 1.82) is 0 Å². The summed E-state index contributed by atoms with van der Waals surface area (Å²) in [6.45, 7) is 2.27. The predicted molar refractivity (Wildman–Crippen MR) is 95.4 cm³/mol. The molecule has 0 spiro atoms. The van der Waals surface area contributed by atoms with Crippen LogP contribution >= 0.6 is 0 Å². The molecule has 3 nitrogen and oxygen atoms in total. The van der Waals surface area contributed by atoms with Gasteiger partial charge in [0, 0.05) is 6.42 Å². The van der Waals surface area contributed by atoms with Crippen molar-refractivity contribution < 1.29 is 14.9 Å². The summed E-state index contributed by atoms with van der Waals surface area (Å²) < 4.78 is 0. The Hall–Kier alpha value is 1.07. The van der Waals surface area contributed by atoms with Crippen LogP contribution in [0.3, 0.4) is 0 Å². The first-order valence-electron chi connectivity index (χ1n) is 9.15. The van der Waals surface area contributed by atoms with Gasteiger partial charge in [0.15, 0.2) is 0 Å². The Balaban J connectivity index is 0. The molecule has 1 N–H and O–H groups in total. The number of carbonyl (C=O) groups excluding carboxylic acids is 1. The number of rotatable bonds is 16. The molecule has 0 saturated heterocycles. The van der Waals surface area contributed by atoms with Crippen LogP contribution in [0, 0.1) is 0 Å². The summed E-state index contributed by atoms with van der Waals surface area (Å²) in [5, 5.41) is 8.10. The third kappa shape index (κ3) is 21.1. The molecule has 0 unspecified atom stereocenters. The van der Waals surface area contributed by atoms with Gasteiger partial charge in [0.25, 0.3) is 0 Å². The van der Waals surface area contributed by atoms with Crippen LogP contribution in [0.1, 0.15) is 110 Å². The molecule has 0 aromatic carbocycles. The molecule has 0 aromatic heterocycles. The van der Waals surface area contributed by atoms with Crippen molar-refractivity contribution in [3.63, 3.8) is 0 Å². The minimum atomic E-state index is -0.510. The summed E-state index contributed by atoms with van der Waals surface area (Å²) in [6, 6.07) is 0. The maximum absolute atomic E-state index is 10.7. The average molecular weight is 341 g/mol. The van der Waals surface area contributed by atoms with Crippen molar-refractivity contribution in [2.45, 2.75) is 110 Å². The first-order chi connectivity index (χ1) is 10.3. The Morgan fingerprint density at radius 3 is 1.32 bits per heavy atom. The van der Waals surface area contributed by atoms with Crippen molar-refractivity contribution in [3.8, 4) is 0 Å². The van der Waals surface area contributed by atoms with Gasteiger partial charge in [-0.05, 0) is 6.42 Å². The topological polar surface area (TPSA) is 46.5 Å². The van der Waals surface area contributed by atoms with Gasteiger partial charge in [-0.15, -0.1) is 0 Å². The van der Waals surface area contributed by atoms with Gasteiger partial charge in [-0.3, -0.25) is 0 Å². The van der Waals surface area contributed by atoms with Gasteiger partial charge in [0.2, 0.25) is 0 Å². The van der Waals surface area contributed by atoms with Crippen LogP contribution in [0.2, 0.25) is 0 Å². The van der Waals surface area contributed by atoms with Crippen LogP contribution < -0.4 is 0 Å². The van der Waals surface area contributed by atoms with Crippen LogP contribution in [-0.2, 0) is 9.68 Å². The van der Waals surface area contributed by atoms with Crippen LogP contribution in [0.5, 0.6) is 0 Å². The first-order valence-corrected chi connectivity index (χ1v) is 9.15. The van der Waals surface area contributed by atoms with Crippen LogP contribution in [-0.4, -0.2) is 62.6 Å². The van der Waals surface area contributed by atoms with Crippen molar-refractivity contribution in [1.82, 2.24) is 0 Å². The van der Waals surface area contributed by atoms with E-state index in [1.54, 1.807) is 0 Å². The molecule has 0 heterocycles. The van der Waals surface area contributed by atoms with E-state index in [2.05, 4.69) is 11.8 Å². The third-order valence-electron chi connectivity index (χ3n) is 4.09. The van der Waals surface area contributed by atoms with Gasteiger partial charge in [-0.1, -0.05) is 96.8 Å². The van der Waals surface area contributed by atoms with E-state index in [1.807, 2.05) is 0 Å². The Morgan fingerprint density at radius 1 is 0.682 bits per heavy atom. The molecule has 0 atom stereocenters. The second-order valence-electron chi connectivity index (χ2n) is 6.16. The molecule has 0 fully saturated rings. The van der Waals surface area contributed by atoms with Crippen LogP contribution in [0.15, 0.2) is 0 Å². The summed E-state index contributed by atoms with van der Waals surface area (Å²) >= 11 is 0. The molecule has 22 heavy (non-hydrogen) atoms. The number of hydrogen-bond acceptors (Lipinski definition) is 3. The normalized spacial score (nSPS) is 10.3. The molecule has 0 aliphatic heterocycles. The van der Waals surface area contributed by atoms with Crippen molar-refractivity contribution in [3.05, 3.63) is 0 Å². The quantitative estimate of drug-likeness (QED) is 0.172. The van der Waals surface area contributed by atoms with E-state index >= 15 is 0 Å². The molecule has 4 heteroatoms. The van der Waals surface area contributed by atoms with E-state index < -0.39 is 5.97 Å². The maximum atomic E-state index is 10.7. The van der Waals surface area contributed by atoms with E-state index in [1.165, 1.54) is 83.5 Å². The Morgan fingerprint density at radius 2 is 1.00 bits per heavy atom. The van der Waals surface area contributed by atoms with Gasteiger partial charge in [-0.25, -0.2) is 4.79 Å². The molecule has 128 valence electrons. The molecule has 0 saturated carbocycles. The molecular formula is C18H37KO3. The minimum absolute atomic E-state index is 0. The number of carbonyl (C=O) groups is 1. The van der Waals surface area contributed by atoms with E-state index in [-0.39, 0.29) is 51.4 Å². The summed E-state index contributed by atoms with van der Waals surface area (Å²) in [4.78, 5) is 14.3. The van der Waals surface area contributed by atoms with E-state index in [9.17, 15) is 4.79 Å². The van der Waals surface area contributed by atoms with Gasteiger partial charge in [-0.2, -0.15) is 5.26 Å². The van der Waals surface area contributed by atoms with Gasteiger partial charge < -0.3 is 4.89 Å². The van der Waals surface area contributed by atoms with Gasteiger partial charge >= 0.3 is 57.4 Å². The van der Waals surface area contributed by atoms with E-state index in [4.69, 9.17) is 5.26 Å². The summed E-state index contributed by atoms with van der Waals surface area (Å²) in [5.41, 5.74) is 0. The zero-order valence-corrected chi connectivity index (χ0v) is 14.1. The molecule has 0 rings (SSSR count). The summed E-state index contributed by atoms with van der Waals surface area (Å²) in [7, 11) is 0. The van der Waals surface area contributed by atoms with Crippen LogP contribution in [0.4, 0.5) is 0 Å². The van der Waals surface area contributed by atoms with Gasteiger partial charge in [0.05, 0.1) is 0 Å². The van der Waals surface area contributed by atoms with Gasteiger partial charge in [0.1, 0.15) is 0 Å². The fourth-order valence-electron chi connectivity index (χ4n) is 2.69. The van der Waals surface area contributed by atoms with Crippen molar-refractivity contribution in [2.24, 2.45) is 0 Å². The van der Waals surface area contributed by atoms with E-state index in [0.29, 0.717) is 6.42 Å². The Kier molecular flexibility index (Phi) is 25.4.